The third kappa shape index (κ3) is 4.44. The van der Waals surface area contributed by atoms with Gasteiger partial charge in [0.1, 0.15) is 24.3 Å². The quantitative estimate of drug-likeness (QED) is 0.637. The van der Waals surface area contributed by atoms with Gasteiger partial charge in [0, 0.05) is 24.8 Å². The molecule has 1 aromatic carbocycles. The van der Waals surface area contributed by atoms with E-state index in [0.717, 1.165) is 22.8 Å². The van der Waals surface area contributed by atoms with Gasteiger partial charge < -0.3 is 10.6 Å². The standard InChI is InChI=1S/C19H22N6O/c1-14-15(2)25(13-24-14)18-11-17(22-12-23-18)20-8-9-21-19(26)10-16-6-4-3-5-7-16/h3-7,11-13H,8-10H2,1-2H3,(H,21,26)(H,20,22,23). The van der Waals surface area contributed by atoms with Gasteiger partial charge in [-0.1, -0.05) is 30.3 Å². The van der Waals surface area contributed by atoms with Crippen LogP contribution in [0.3, 0.4) is 0 Å². The molecule has 0 bridgehead atoms. The highest BCUT2D eigenvalue weighted by Crippen LogP contribution is 2.13. The van der Waals surface area contributed by atoms with E-state index < -0.39 is 0 Å². The molecule has 26 heavy (non-hydrogen) atoms. The summed E-state index contributed by atoms with van der Waals surface area (Å²) in [6.07, 6.45) is 3.65. The second-order valence-corrected chi connectivity index (χ2v) is 5.99. The number of anilines is 1. The molecular formula is C19H22N6O. The largest absolute Gasteiger partial charge is 0.368 e. The zero-order valence-corrected chi connectivity index (χ0v) is 14.9. The predicted molar refractivity (Wildman–Crippen MR) is 100 cm³/mol. The van der Waals surface area contributed by atoms with Gasteiger partial charge in [-0.05, 0) is 19.4 Å². The number of nitrogens with one attached hydrogen (secondary N) is 2. The average Bonchev–Trinajstić information content (AvgIpc) is 2.99. The number of aromatic nitrogens is 4. The van der Waals surface area contributed by atoms with Crippen molar-refractivity contribution in [2.24, 2.45) is 0 Å². The van der Waals surface area contributed by atoms with Crippen molar-refractivity contribution in [3.05, 3.63) is 66.0 Å². The minimum absolute atomic E-state index is 0.00546. The Kier molecular flexibility index (Phi) is 5.58. The summed E-state index contributed by atoms with van der Waals surface area (Å²) in [5.74, 6) is 1.47. The maximum absolute atomic E-state index is 11.9. The van der Waals surface area contributed by atoms with E-state index in [0.29, 0.717) is 25.3 Å². The van der Waals surface area contributed by atoms with Crippen molar-refractivity contribution >= 4 is 11.7 Å². The van der Waals surface area contributed by atoms with Gasteiger partial charge in [-0.15, -0.1) is 0 Å². The monoisotopic (exact) mass is 350 g/mol. The van der Waals surface area contributed by atoms with Gasteiger partial charge in [-0.25, -0.2) is 15.0 Å². The molecule has 0 aliphatic carbocycles. The fourth-order valence-corrected chi connectivity index (χ4v) is 2.54. The molecular weight excluding hydrogens is 328 g/mol. The Labute approximate surface area is 152 Å². The van der Waals surface area contributed by atoms with Crippen LogP contribution in [0.15, 0.2) is 49.1 Å². The third-order valence-corrected chi connectivity index (χ3v) is 4.11. The van der Waals surface area contributed by atoms with Gasteiger partial charge in [-0.3, -0.25) is 9.36 Å². The van der Waals surface area contributed by atoms with E-state index in [4.69, 9.17) is 0 Å². The van der Waals surface area contributed by atoms with Gasteiger partial charge in [0.25, 0.3) is 0 Å². The van der Waals surface area contributed by atoms with Gasteiger partial charge in [0.2, 0.25) is 5.91 Å². The Bertz CT molecular complexity index is 875. The number of amides is 1. The molecule has 0 fully saturated rings. The van der Waals surface area contributed by atoms with Crippen LogP contribution in [0.25, 0.3) is 5.82 Å². The number of aryl methyl sites for hydroxylation is 1. The van der Waals surface area contributed by atoms with Gasteiger partial charge in [0.15, 0.2) is 0 Å². The fourth-order valence-electron chi connectivity index (χ4n) is 2.54. The van der Waals surface area contributed by atoms with Crippen LogP contribution in [-0.2, 0) is 11.2 Å². The molecule has 7 nitrogen and oxygen atoms in total. The van der Waals surface area contributed by atoms with Crippen LogP contribution >= 0.6 is 0 Å². The lowest BCUT2D eigenvalue weighted by Crippen LogP contribution is -2.30. The first kappa shape index (κ1) is 17.6. The Hall–Kier alpha value is -3.22. The van der Waals surface area contributed by atoms with E-state index in [9.17, 15) is 4.79 Å². The molecule has 3 rings (SSSR count). The van der Waals surface area contributed by atoms with E-state index in [1.54, 1.807) is 6.33 Å². The number of nitrogens with zero attached hydrogens (tertiary/aromatic N) is 4. The first-order valence-electron chi connectivity index (χ1n) is 8.51. The van der Waals surface area contributed by atoms with Crippen LogP contribution in [-0.4, -0.2) is 38.5 Å². The van der Waals surface area contributed by atoms with Gasteiger partial charge in [0.05, 0.1) is 12.1 Å². The number of benzene rings is 1. The molecule has 0 atom stereocenters. The summed E-state index contributed by atoms with van der Waals surface area (Å²) in [4.78, 5) is 24.7. The highest BCUT2D eigenvalue weighted by atomic mass is 16.1. The van der Waals surface area contributed by atoms with Crippen molar-refractivity contribution in [2.75, 3.05) is 18.4 Å². The number of rotatable bonds is 7. The van der Waals surface area contributed by atoms with E-state index in [1.807, 2.05) is 54.8 Å². The number of carbonyl (C=O) groups is 1. The Morgan fingerprint density at radius 2 is 1.88 bits per heavy atom. The predicted octanol–water partition coefficient (Wildman–Crippen LogP) is 2.05. The summed E-state index contributed by atoms with van der Waals surface area (Å²) >= 11 is 0. The summed E-state index contributed by atoms with van der Waals surface area (Å²) in [7, 11) is 0. The van der Waals surface area contributed by atoms with Crippen LogP contribution in [0.5, 0.6) is 0 Å². The van der Waals surface area contributed by atoms with E-state index >= 15 is 0 Å². The number of hydrogen-bond acceptors (Lipinski definition) is 5. The van der Waals surface area contributed by atoms with Crippen molar-refractivity contribution < 1.29 is 4.79 Å². The fraction of sp³-hybridized carbons (Fsp3) is 0.263. The molecule has 0 spiro atoms. The lowest BCUT2D eigenvalue weighted by atomic mass is 10.1. The van der Waals surface area contributed by atoms with Crippen molar-refractivity contribution in [3.63, 3.8) is 0 Å². The van der Waals surface area contributed by atoms with Crippen LogP contribution in [0.2, 0.25) is 0 Å². The molecule has 2 N–H and O–H groups in total. The van der Waals surface area contributed by atoms with Crippen molar-refractivity contribution in [2.45, 2.75) is 20.3 Å². The number of carbonyl (C=O) groups excluding carboxylic acids is 1. The molecule has 3 aromatic rings. The minimum Gasteiger partial charge on any atom is -0.368 e. The second-order valence-electron chi connectivity index (χ2n) is 5.99. The Morgan fingerprint density at radius 1 is 1.08 bits per heavy atom. The Balaban J connectivity index is 1.49. The summed E-state index contributed by atoms with van der Waals surface area (Å²) in [5.41, 5.74) is 3.02. The van der Waals surface area contributed by atoms with E-state index in [2.05, 4.69) is 25.6 Å². The molecule has 0 aliphatic rings. The summed E-state index contributed by atoms with van der Waals surface area (Å²) in [5, 5.41) is 6.10. The van der Waals surface area contributed by atoms with Crippen molar-refractivity contribution in [1.29, 1.82) is 0 Å². The first-order chi connectivity index (χ1) is 12.6. The van der Waals surface area contributed by atoms with E-state index in [1.165, 1.54) is 6.33 Å². The zero-order chi connectivity index (χ0) is 18.4. The van der Waals surface area contributed by atoms with Crippen LogP contribution in [0, 0.1) is 13.8 Å². The molecule has 0 radical (unpaired) electrons. The van der Waals surface area contributed by atoms with Crippen molar-refractivity contribution in [3.8, 4) is 5.82 Å². The summed E-state index contributed by atoms with van der Waals surface area (Å²) in [6, 6.07) is 11.6. The number of imidazole rings is 1. The van der Waals surface area contributed by atoms with Gasteiger partial charge >= 0.3 is 0 Å². The molecule has 2 heterocycles. The molecule has 1 amide bonds. The van der Waals surface area contributed by atoms with E-state index in [-0.39, 0.29) is 5.91 Å². The normalized spacial score (nSPS) is 10.5. The van der Waals surface area contributed by atoms with Crippen LogP contribution in [0.1, 0.15) is 17.0 Å². The van der Waals surface area contributed by atoms with Crippen LogP contribution in [0.4, 0.5) is 5.82 Å². The van der Waals surface area contributed by atoms with Gasteiger partial charge in [-0.2, -0.15) is 0 Å². The lowest BCUT2D eigenvalue weighted by Gasteiger charge is -2.09. The first-order valence-corrected chi connectivity index (χ1v) is 8.51. The average molecular weight is 350 g/mol. The highest BCUT2D eigenvalue weighted by molar-refractivity contribution is 5.78. The second kappa shape index (κ2) is 8.24. The maximum Gasteiger partial charge on any atom is 0.224 e. The summed E-state index contributed by atoms with van der Waals surface area (Å²) in [6.45, 7) is 5.07. The molecule has 134 valence electrons. The minimum atomic E-state index is 0.00546. The zero-order valence-electron chi connectivity index (χ0n) is 14.9. The molecule has 0 aliphatic heterocycles. The Morgan fingerprint density at radius 3 is 2.62 bits per heavy atom. The molecule has 0 saturated heterocycles. The molecule has 0 saturated carbocycles. The molecule has 7 heteroatoms. The lowest BCUT2D eigenvalue weighted by molar-refractivity contribution is -0.120. The highest BCUT2D eigenvalue weighted by Gasteiger charge is 2.07. The number of hydrogen-bond donors (Lipinski definition) is 2. The SMILES string of the molecule is Cc1ncn(-c2cc(NCCNC(=O)Cc3ccccc3)ncn2)c1C. The smallest absolute Gasteiger partial charge is 0.224 e. The van der Waals surface area contributed by atoms with Crippen LogP contribution < -0.4 is 10.6 Å². The topological polar surface area (TPSA) is 84.7 Å². The third-order valence-electron chi connectivity index (χ3n) is 4.11. The van der Waals surface area contributed by atoms with Crippen molar-refractivity contribution in [1.82, 2.24) is 24.8 Å². The molecule has 2 aromatic heterocycles. The summed E-state index contributed by atoms with van der Waals surface area (Å²) < 4.78 is 1.92. The molecule has 0 unspecified atom stereocenters. The maximum atomic E-state index is 11.9.